The number of ether oxygens (including phenoxy) is 1. The van der Waals surface area contributed by atoms with Crippen LogP contribution in [0.5, 0.6) is 0 Å². The third-order valence-corrected chi connectivity index (χ3v) is 3.09. The second kappa shape index (κ2) is 2.91. The number of carbonyl (C=O) groups is 3. The number of amides is 2. The van der Waals surface area contributed by atoms with Crippen LogP contribution in [0.4, 0.5) is 0 Å². The summed E-state index contributed by atoms with van der Waals surface area (Å²) < 4.78 is 5.41. The summed E-state index contributed by atoms with van der Waals surface area (Å²) in [4.78, 5) is 39.1. The van der Waals surface area contributed by atoms with E-state index in [-0.39, 0.29) is 12.2 Å². The van der Waals surface area contributed by atoms with Crippen LogP contribution in [0.1, 0.15) is 6.92 Å². The molecule has 3 aliphatic heterocycles. The van der Waals surface area contributed by atoms with Crippen LogP contribution < -0.4 is 0 Å². The van der Waals surface area contributed by atoms with Gasteiger partial charge >= 0.3 is 5.97 Å². The van der Waals surface area contributed by atoms with E-state index in [2.05, 4.69) is 4.84 Å². The van der Waals surface area contributed by atoms with Crippen molar-refractivity contribution >= 4 is 17.8 Å². The molecule has 0 aromatic heterocycles. The predicted octanol–water partition coefficient (Wildman–Crippen LogP) is -0.597. The van der Waals surface area contributed by atoms with Gasteiger partial charge in [0.05, 0.1) is 24.0 Å². The second-order valence-electron chi connectivity index (χ2n) is 4.06. The number of hydroxylamine groups is 2. The maximum atomic E-state index is 11.8. The van der Waals surface area contributed by atoms with Gasteiger partial charge in [-0.3, -0.25) is 9.59 Å². The molecule has 0 saturated carbocycles. The number of carbonyl (C=O) groups excluding carboxylic acids is 3. The Kier molecular flexibility index (Phi) is 1.74. The molecule has 2 bridgehead atoms. The minimum absolute atomic E-state index is 0.355. The zero-order chi connectivity index (χ0) is 11.4. The first kappa shape index (κ1) is 9.53. The van der Waals surface area contributed by atoms with E-state index in [0.717, 1.165) is 6.92 Å². The van der Waals surface area contributed by atoms with Crippen LogP contribution in [-0.2, 0) is 24.0 Å². The standard InChI is InChI=1S/C10H9NO5/c1-4(12)16-11-9(13)7-5-2-3-6(15-5)8(7)10(11)14/h2-3,5-8H,1H3/t5-,6+,7-,8+. The molecular weight excluding hydrogens is 214 g/mol. The fourth-order valence-electron chi connectivity index (χ4n) is 2.49. The molecule has 0 aromatic carbocycles. The molecular formula is C10H9NO5. The Labute approximate surface area is 90.7 Å². The molecule has 0 radical (unpaired) electrons. The lowest BCUT2D eigenvalue weighted by Gasteiger charge is -2.14. The zero-order valence-electron chi connectivity index (χ0n) is 8.45. The van der Waals surface area contributed by atoms with E-state index in [1.807, 2.05) is 0 Å². The lowest BCUT2D eigenvalue weighted by molar-refractivity contribution is -0.198. The van der Waals surface area contributed by atoms with Gasteiger partial charge in [0.15, 0.2) is 0 Å². The van der Waals surface area contributed by atoms with E-state index < -0.39 is 29.6 Å². The van der Waals surface area contributed by atoms with E-state index in [9.17, 15) is 14.4 Å². The van der Waals surface area contributed by atoms with Crippen LogP contribution in [0.2, 0.25) is 0 Å². The summed E-state index contributed by atoms with van der Waals surface area (Å²) >= 11 is 0. The van der Waals surface area contributed by atoms with Crippen LogP contribution in [-0.4, -0.2) is 35.1 Å². The van der Waals surface area contributed by atoms with Crippen molar-refractivity contribution in [2.75, 3.05) is 0 Å². The van der Waals surface area contributed by atoms with Gasteiger partial charge in [-0.1, -0.05) is 12.2 Å². The highest BCUT2D eigenvalue weighted by Crippen LogP contribution is 2.45. The molecule has 2 fully saturated rings. The first-order chi connectivity index (χ1) is 7.59. The van der Waals surface area contributed by atoms with E-state index >= 15 is 0 Å². The van der Waals surface area contributed by atoms with Gasteiger partial charge in [0.2, 0.25) is 0 Å². The highest BCUT2D eigenvalue weighted by molar-refractivity contribution is 6.06. The molecule has 3 aliphatic rings. The van der Waals surface area contributed by atoms with Gasteiger partial charge in [-0.15, -0.1) is 5.06 Å². The summed E-state index contributed by atoms with van der Waals surface area (Å²) in [6.07, 6.45) is 2.83. The number of hydrogen-bond donors (Lipinski definition) is 0. The predicted molar refractivity (Wildman–Crippen MR) is 48.4 cm³/mol. The van der Waals surface area contributed by atoms with Crippen molar-refractivity contribution in [3.8, 4) is 0 Å². The minimum Gasteiger partial charge on any atom is -0.365 e. The molecule has 2 saturated heterocycles. The minimum atomic E-state index is -0.678. The Balaban J connectivity index is 1.91. The van der Waals surface area contributed by atoms with Gasteiger partial charge in [0.25, 0.3) is 11.8 Å². The van der Waals surface area contributed by atoms with Crippen LogP contribution in [0, 0.1) is 11.8 Å². The summed E-state index contributed by atoms with van der Waals surface area (Å²) in [7, 11) is 0. The molecule has 0 N–H and O–H groups in total. The molecule has 0 aliphatic carbocycles. The number of fused-ring (bicyclic) bond motifs is 5. The van der Waals surface area contributed by atoms with Crippen LogP contribution in [0.15, 0.2) is 12.2 Å². The van der Waals surface area contributed by atoms with Gasteiger partial charge in [0.1, 0.15) is 0 Å². The average Bonchev–Trinajstić information content (AvgIpc) is 2.87. The van der Waals surface area contributed by atoms with Crippen molar-refractivity contribution in [2.45, 2.75) is 19.1 Å². The molecule has 3 heterocycles. The third kappa shape index (κ3) is 1.02. The van der Waals surface area contributed by atoms with Gasteiger partial charge in [-0.25, -0.2) is 4.79 Å². The Bertz CT molecular complexity index is 399. The maximum Gasteiger partial charge on any atom is 0.330 e. The molecule has 0 aromatic rings. The number of nitrogens with zero attached hydrogens (tertiary/aromatic N) is 1. The van der Waals surface area contributed by atoms with E-state index in [0.29, 0.717) is 5.06 Å². The lowest BCUT2D eigenvalue weighted by Crippen LogP contribution is -2.35. The largest absolute Gasteiger partial charge is 0.365 e. The van der Waals surface area contributed by atoms with E-state index in [1.165, 1.54) is 0 Å². The molecule has 84 valence electrons. The highest BCUT2D eigenvalue weighted by atomic mass is 16.7. The summed E-state index contributed by atoms with van der Waals surface area (Å²) in [5, 5.41) is 0.577. The van der Waals surface area contributed by atoms with Crippen molar-refractivity contribution in [3.63, 3.8) is 0 Å². The maximum absolute atomic E-state index is 11.8. The average molecular weight is 223 g/mol. The molecule has 6 heteroatoms. The van der Waals surface area contributed by atoms with Gasteiger partial charge in [0, 0.05) is 6.92 Å². The smallest absolute Gasteiger partial charge is 0.330 e. The van der Waals surface area contributed by atoms with Crippen molar-refractivity contribution in [3.05, 3.63) is 12.2 Å². The quantitative estimate of drug-likeness (QED) is 0.438. The summed E-state index contributed by atoms with van der Waals surface area (Å²) in [6.45, 7) is 1.15. The fourth-order valence-corrected chi connectivity index (χ4v) is 2.49. The SMILES string of the molecule is CC(=O)ON1C(=O)[C@@H]2[C@H](C1=O)[C@H]1C=C[C@@H]2O1. The number of imide groups is 1. The van der Waals surface area contributed by atoms with Gasteiger partial charge in [-0.2, -0.15) is 0 Å². The van der Waals surface area contributed by atoms with E-state index in [4.69, 9.17) is 4.74 Å². The molecule has 2 amide bonds. The van der Waals surface area contributed by atoms with Crippen molar-refractivity contribution < 1.29 is 24.0 Å². The normalized spacial score (nSPS) is 39.4. The Hall–Kier alpha value is -1.69. The molecule has 4 atom stereocenters. The fraction of sp³-hybridized carbons (Fsp3) is 0.500. The van der Waals surface area contributed by atoms with Crippen LogP contribution >= 0.6 is 0 Å². The monoisotopic (exact) mass is 223 g/mol. The number of hydrogen-bond acceptors (Lipinski definition) is 5. The van der Waals surface area contributed by atoms with Crippen molar-refractivity contribution in [2.24, 2.45) is 11.8 Å². The zero-order valence-corrected chi connectivity index (χ0v) is 8.45. The molecule has 0 spiro atoms. The Morgan fingerprint density at radius 1 is 1.25 bits per heavy atom. The van der Waals surface area contributed by atoms with Crippen LogP contribution in [0.25, 0.3) is 0 Å². The molecule has 16 heavy (non-hydrogen) atoms. The van der Waals surface area contributed by atoms with Gasteiger partial charge < -0.3 is 9.57 Å². The van der Waals surface area contributed by atoms with Crippen molar-refractivity contribution in [1.29, 1.82) is 0 Å². The summed E-state index contributed by atoms with van der Waals surface area (Å²) in [6, 6.07) is 0. The third-order valence-electron chi connectivity index (χ3n) is 3.09. The first-order valence-electron chi connectivity index (χ1n) is 5.00. The molecule has 0 unspecified atom stereocenters. The Morgan fingerprint density at radius 3 is 2.19 bits per heavy atom. The second-order valence-corrected chi connectivity index (χ2v) is 4.06. The lowest BCUT2D eigenvalue weighted by atomic mass is 9.85. The topological polar surface area (TPSA) is 72.9 Å². The highest BCUT2D eigenvalue weighted by Gasteiger charge is 2.62. The summed E-state index contributed by atoms with van der Waals surface area (Å²) in [5.74, 6) is -2.70. The van der Waals surface area contributed by atoms with Crippen LogP contribution in [0.3, 0.4) is 0 Å². The van der Waals surface area contributed by atoms with Crippen molar-refractivity contribution in [1.82, 2.24) is 5.06 Å². The summed E-state index contributed by atoms with van der Waals surface area (Å²) in [5.41, 5.74) is 0. The molecule has 3 rings (SSSR count). The van der Waals surface area contributed by atoms with Gasteiger partial charge in [-0.05, 0) is 0 Å². The molecule has 6 nitrogen and oxygen atoms in total. The Morgan fingerprint density at radius 2 is 1.75 bits per heavy atom. The first-order valence-corrected chi connectivity index (χ1v) is 5.00. The van der Waals surface area contributed by atoms with E-state index in [1.54, 1.807) is 12.2 Å². The number of rotatable bonds is 1.